The molecule has 1 aromatic carbocycles. The Kier molecular flexibility index (Phi) is 2.87. The van der Waals surface area contributed by atoms with Gasteiger partial charge in [-0.3, -0.25) is 0 Å². The predicted molar refractivity (Wildman–Crippen MR) is 71.7 cm³/mol. The van der Waals surface area contributed by atoms with Crippen molar-refractivity contribution in [3.63, 3.8) is 0 Å². The van der Waals surface area contributed by atoms with Gasteiger partial charge in [0.15, 0.2) is 4.67 Å². The molecule has 0 fully saturated rings. The van der Waals surface area contributed by atoms with Gasteiger partial charge in [0, 0.05) is 5.56 Å². The molecule has 3 rings (SSSR count). The van der Waals surface area contributed by atoms with E-state index < -0.39 is 5.82 Å². The highest BCUT2D eigenvalue weighted by atomic mass is 79.9. The lowest BCUT2D eigenvalue weighted by molar-refractivity contribution is 0.439. The molecule has 0 spiro atoms. The monoisotopic (exact) mass is 322 g/mol. The Balaban J connectivity index is 2.26. The fraction of sp³-hybridized carbons (Fsp3) is 0. The maximum Gasteiger partial charge on any atom is 0.230 e. The molecule has 0 saturated carbocycles. The molecule has 96 valence electrons. The highest BCUT2D eigenvalue weighted by Gasteiger charge is 2.22. The van der Waals surface area contributed by atoms with Crippen molar-refractivity contribution in [1.29, 1.82) is 0 Å². The summed E-state index contributed by atoms with van der Waals surface area (Å²) in [6.45, 7) is 0. The molecule has 0 amide bonds. The van der Waals surface area contributed by atoms with Crippen molar-refractivity contribution in [3.8, 4) is 22.4 Å². The quantitative estimate of drug-likeness (QED) is 0.771. The van der Waals surface area contributed by atoms with Crippen molar-refractivity contribution in [3.05, 3.63) is 47.1 Å². The van der Waals surface area contributed by atoms with Gasteiger partial charge >= 0.3 is 0 Å². The molecule has 0 atom stereocenters. The van der Waals surface area contributed by atoms with Crippen LogP contribution in [0.15, 0.2) is 50.2 Å². The van der Waals surface area contributed by atoms with Crippen LogP contribution in [0.2, 0.25) is 0 Å². The Bertz CT molecular complexity index is 736. The van der Waals surface area contributed by atoms with Gasteiger partial charge in [0.05, 0.1) is 17.4 Å². The van der Waals surface area contributed by atoms with Crippen LogP contribution in [0, 0.1) is 5.82 Å². The van der Waals surface area contributed by atoms with Gasteiger partial charge in [-0.1, -0.05) is 23.4 Å². The smallest absolute Gasteiger partial charge is 0.230 e. The van der Waals surface area contributed by atoms with E-state index in [1.807, 2.05) is 0 Å². The second kappa shape index (κ2) is 4.55. The maximum atomic E-state index is 13.9. The number of hydrogen-bond acceptors (Lipinski definition) is 4. The highest BCUT2D eigenvalue weighted by molar-refractivity contribution is 9.10. The summed E-state index contributed by atoms with van der Waals surface area (Å²) in [5.41, 5.74) is 7.60. The summed E-state index contributed by atoms with van der Waals surface area (Å²) >= 11 is 3.25. The highest BCUT2D eigenvalue weighted by Crippen LogP contribution is 2.40. The molecule has 0 aliphatic rings. The van der Waals surface area contributed by atoms with Crippen molar-refractivity contribution in [2.24, 2.45) is 0 Å². The van der Waals surface area contributed by atoms with E-state index in [0.717, 1.165) is 0 Å². The van der Waals surface area contributed by atoms with E-state index >= 15 is 0 Å². The lowest BCUT2D eigenvalue weighted by Crippen LogP contribution is -1.90. The number of aromatic nitrogens is 1. The van der Waals surface area contributed by atoms with Crippen LogP contribution in [0.4, 0.5) is 10.3 Å². The standard InChI is InChI=1S/C13H8BrFN2O2/c14-12-8(5-6-18-12)11-10(13(16)19-17-11)7-3-1-2-4-9(7)15/h1-6H,16H2. The minimum Gasteiger partial charge on any atom is -0.457 e. The number of hydrogen-bond donors (Lipinski definition) is 1. The molecule has 0 aliphatic carbocycles. The van der Waals surface area contributed by atoms with Crippen molar-refractivity contribution >= 4 is 21.8 Å². The SMILES string of the molecule is Nc1onc(-c2ccoc2Br)c1-c1ccccc1F. The Morgan fingerprint density at radius 3 is 2.63 bits per heavy atom. The molecule has 6 heteroatoms. The molecule has 2 heterocycles. The van der Waals surface area contributed by atoms with Gasteiger partial charge in [-0.25, -0.2) is 4.39 Å². The zero-order valence-corrected chi connectivity index (χ0v) is 11.1. The number of nitrogens with two attached hydrogens (primary N) is 1. The number of furan rings is 1. The molecular formula is C13H8BrFN2O2. The van der Waals surface area contributed by atoms with Gasteiger partial charge in [0.2, 0.25) is 5.88 Å². The third kappa shape index (κ3) is 1.94. The summed E-state index contributed by atoms with van der Waals surface area (Å²) in [6.07, 6.45) is 1.50. The lowest BCUT2D eigenvalue weighted by Gasteiger charge is -2.02. The summed E-state index contributed by atoms with van der Waals surface area (Å²) in [5.74, 6) is -0.327. The first-order chi connectivity index (χ1) is 9.18. The maximum absolute atomic E-state index is 13.9. The summed E-state index contributed by atoms with van der Waals surface area (Å²) in [4.78, 5) is 0. The number of nitrogen functional groups attached to an aromatic ring is 1. The van der Waals surface area contributed by atoms with Gasteiger partial charge in [-0.05, 0) is 28.1 Å². The van der Waals surface area contributed by atoms with Crippen molar-refractivity contribution in [2.75, 3.05) is 5.73 Å². The predicted octanol–water partition coefficient (Wildman–Crippen LogP) is 4.09. The molecule has 2 N–H and O–H groups in total. The Morgan fingerprint density at radius 2 is 1.95 bits per heavy atom. The zero-order valence-electron chi connectivity index (χ0n) is 9.56. The average Bonchev–Trinajstić information content (AvgIpc) is 2.96. The van der Waals surface area contributed by atoms with Crippen LogP contribution < -0.4 is 5.73 Å². The second-order valence-electron chi connectivity index (χ2n) is 3.86. The van der Waals surface area contributed by atoms with E-state index in [1.54, 1.807) is 24.3 Å². The molecule has 0 aliphatic heterocycles. The van der Waals surface area contributed by atoms with Crippen LogP contribution in [0.25, 0.3) is 22.4 Å². The first kappa shape index (κ1) is 12.0. The van der Waals surface area contributed by atoms with Gasteiger partial charge in [0.25, 0.3) is 0 Å². The van der Waals surface area contributed by atoms with Crippen LogP contribution in [-0.4, -0.2) is 5.16 Å². The van der Waals surface area contributed by atoms with Crippen LogP contribution >= 0.6 is 15.9 Å². The fourth-order valence-corrected chi connectivity index (χ4v) is 2.30. The van der Waals surface area contributed by atoms with E-state index in [1.165, 1.54) is 12.3 Å². The van der Waals surface area contributed by atoms with E-state index in [9.17, 15) is 4.39 Å². The first-order valence-corrected chi connectivity index (χ1v) is 6.21. The molecule has 0 radical (unpaired) electrons. The van der Waals surface area contributed by atoms with E-state index in [-0.39, 0.29) is 5.88 Å². The summed E-state index contributed by atoms with van der Waals surface area (Å²) in [5, 5.41) is 3.88. The van der Waals surface area contributed by atoms with Crippen molar-refractivity contribution in [1.82, 2.24) is 5.16 Å². The minimum absolute atomic E-state index is 0.0631. The third-order valence-electron chi connectivity index (χ3n) is 2.73. The molecule has 3 aromatic rings. The van der Waals surface area contributed by atoms with Gasteiger partial charge in [0.1, 0.15) is 11.5 Å². The average molecular weight is 323 g/mol. The van der Waals surface area contributed by atoms with Crippen molar-refractivity contribution in [2.45, 2.75) is 0 Å². The van der Waals surface area contributed by atoms with Crippen LogP contribution in [0.1, 0.15) is 0 Å². The largest absolute Gasteiger partial charge is 0.457 e. The van der Waals surface area contributed by atoms with E-state index in [0.29, 0.717) is 27.1 Å². The number of halogens is 2. The fourth-order valence-electron chi connectivity index (χ4n) is 1.87. The van der Waals surface area contributed by atoms with E-state index in [2.05, 4.69) is 21.1 Å². The first-order valence-electron chi connectivity index (χ1n) is 5.42. The zero-order chi connectivity index (χ0) is 13.4. The number of benzene rings is 1. The lowest BCUT2D eigenvalue weighted by atomic mass is 10.0. The van der Waals surface area contributed by atoms with Gasteiger partial charge < -0.3 is 14.7 Å². The van der Waals surface area contributed by atoms with E-state index in [4.69, 9.17) is 14.7 Å². The summed E-state index contributed by atoms with van der Waals surface area (Å²) in [7, 11) is 0. The molecule has 2 aromatic heterocycles. The van der Waals surface area contributed by atoms with Gasteiger partial charge in [-0.2, -0.15) is 0 Å². The van der Waals surface area contributed by atoms with Crippen molar-refractivity contribution < 1.29 is 13.3 Å². The third-order valence-corrected chi connectivity index (χ3v) is 3.35. The normalized spacial score (nSPS) is 10.8. The Morgan fingerprint density at radius 1 is 1.16 bits per heavy atom. The Labute approximate surface area is 116 Å². The molecule has 0 unspecified atom stereocenters. The number of nitrogens with zero attached hydrogens (tertiary/aromatic N) is 1. The summed E-state index contributed by atoms with van der Waals surface area (Å²) in [6, 6.07) is 8.01. The topological polar surface area (TPSA) is 65.2 Å². The minimum atomic E-state index is -0.390. The molecule has 4 nitrogen and oxygen atoms in total. The number of anilines is 1. The molecule has 0 saturated heterocycles. The van der Waals surface area contributed by atoms with Gasteiger partial charge in [-0.15, -0.1) is 0 Å². The van der Waals surface area contributed by atoms with Crippen LogP contribution in [-0.2, 0) is 0 Å². The Hall–Kier alpha value is -2.08. The second-order valence-corrected chi connectivity index (χ2v) is 4.58. The summed E-state index contributed by atoms with van der Waals surface area (Å²) < 4.78 is 24.5. The molecule has 19 heavy (non-hydrogen) atoms. The van der Waals surface area contributed by atoms with Crippen LogP contribution in [0.5, 0.6) is 0 Å². The molecular weight excluding hydrogens is 315 g/mol. The number of rotatable bonds is 2. The van der Waals surface area contributed by atoms with Crippen LogP contribution in [0.3, 0.4) is 0 Å². The molecule has 0 bridgehead atoms.